The van der Waals surface area contributed by atoms with Gasteiger partial charge in [0.15, 0.2) is 0 Å². The van der Waals surface area contributed by atoms with Gasteiger partial charge in [-0.05, 0) is 0 Å². The summed E-state index contributed by atoms with van der Waals surface area (Å²) in [7, 11) is 0. The van der Waals surface area contributed by atoms with Gasteiger partial charge in [-0.2, -0.15) is 0 Å². The largest absolute Gasteiger partial charge is 0.577 e. The van der Waals surface area contributed by atoms with Gasteiger partial charge in [-0.1, -0.05) is 0 Å². The van der Waals surface area contributed by atoms with Crippen LogP contribution in [-0.4, -0.2) is 0 Å². The molecule has 0 unspecified atom stereocenters. The zero-order valence-corrected chi connectivity index (χ0v) is 12.8. The van der Waals surface area contributed by atoms with Crippen LogP contribution in [-0.2, 0) is 3.80 Å². The molecule has 0 aliphatic heterocycles. The molecule has 0 bridgehead atoms. The number of hydrogen-bond acceptors (Lipinski definition) is 1. The Morgan fingerprint density at radius 1 is 0.875 bits per heavy atom. The number of hydrogen-bond donors (Lipinski definition) is 0. The van der Waals surface area contributed by atoms with Gasteiger partial charge in [0.25, 0.3) is 0 Å². The molecule has 55 valence electrons. The van der Waals surface area contributed by atoms with Crippen LogP contribution < -0.4 is 0 Å². The van der Waals surface area contributed by atoms with Crippen molar-refractivity contribution < 1.29 is 3.80 Å². The van der Waals surface area contributed by atoms with E-state index in [-0.39, 0.29) is 0 Å². The molecule has 0 aromatic heterocycles. The zero-order valence-electron chi connectivity index (χ0n) is 3.10. The molecule has 0 spiro atoms. The molecule has 0 heterocycles. The van der Waals surface area contributed by atoms with E-state index in [0.29, 0.717) is 0 Å². The average molecular weight is 531 g/mol. The fourth-order valence-electron chi connectivity index (χ4n) is 0. The Balaban J connectivity index is 0. The van der Waals surface area contributed by atoms with E-state index in [0.717, 1.165) is 0 Å². The summed E-state index contributed by atoms with van der Waals surface area (Å²) in [6, 6.07) is 0. The Kier molecular flexibility index (Phi) is 7.43. The maximum atomic E-state index is 7.25. The van der Waals surface area contributed by atoms with Gasteiger partial charge in [0.1, 0.15) is 0 Å². The van der Waals surface area contributed by atoms with Crippen molar-refractivity contribution in [1.29, 1.82) is 0 Å². The number of nitroso groups, excluding NO2 is 1. The molecule has 0 aromatic carbocycles. The van der Waals surface area contributed by atoms with E-state index in [4.69, 9.17) is 10.5 Å². The summed E-state index contributed by atoms with van der Waals surface area (Å²) in [6.07, 6.45) is 0. The Bertz CT molecular complexity index is 55.3. The van der Waals surface area contributed by atoms with Gasteiger partial charge >= 0.3 is 71.9 Å². The van der Waals surface area contributed by atoms with E-state index >= 15 is 0 Å². The van der Waals surface area contributed by atoms with E-state index in [1.807, 2.05) is 0 Å². The summed E-state index contributed by atoms with van der Waals surface area (Å²) in [5.41, 5.74) is 5.75. The van der Waals surface area contributed by atoms with Crippen molar-refractivity contribution in [1.82, 2.24) is 0 Å². The molecule has 0 radical (unpaired) electrons. The smallest absolute Gasteiger partial charge is 0.423 e. The van der Waals surface area contributed by atoms with Crippen molar-refractivity contribution in [2.45, 2.75) is 0 Å². The second-order valence-corrected chi connectivity index (χ2v) is 80.7. The molecule has 0 N–H and O–H groups in total. The van der Waals surface area contributed by atoms with Gasteiger partial charge in [0.05, 0.1) is 0 Å². The molecular formula is Br5NORu-. The summed E-state index contributed by atoms with van der Waals surface area (Å²) < 4.78 is -2.41. The molecule has 0 saturated heterocycles. The summed E-state index contributed by atoms with van der Waals surface area (Å²) >= 11 is 16.6. The molecule has 2 nitrogen and oxygen atoms in total. The maximum absolute atomic E-state index is 7.25. The van der Waals surface area contributed by atoms with Crippen LogP contribution in [0.5, 0.6) is 0 Å². The molecule has 8 heavy (non-hydrogen) atoms. The number of halogens is 5. The Morgan fingerprint density at radius 2 is 0.875 bits per heavy atom. The zero-order chi connectivity index (χ0) is 7.45. The molecule has 0 amide bonds. The normalized spacial score (nSPS) is 14.9. The third kappa shape index (κ3) is 72.8. The molecule has 0 saturated carbocycles. The van der Waals surface area contributed by atoms with Crippen LogP contribution in [0.2, 0.25) is 0 Å². The predicted octanol–water partition coefficient (Wildman–Crippen LogP) is 4.55. The summed E-state index contributed by atoms with van der Waals surface area (Å²) in [4.78, 5) is 7.25. The second kappa shape index (κ2) is 4.49. The standard InChI is InChI=1S/5BrH.NO.Ru/c;;;;;1-2;/h5*1H;;/q;;;;;-1;+5/p-5. The van der Waals surface area contributed by atoms with Crippen molar-refractivity contribution in [3.63, 3.8) is 0 Å². The van der Waals surface area contributed by atoms with Gasteiger partial charge < -0.3 is 10.5 Å². The van der Waals surface area contributed by atoms with Gasteiger partial charge in [0.2, 0.25) is 0 Å². The van der Waals surface area contributed by atoms with E-state index in [2.05, 4.69) is 68.1 Å². The average Bonchev–Trinajstić information content (AvgIpc) is 1.33. The first-order valence-corrected chi connectivity index (χ1v) is 20.7. The summed E-state index contributed by atoms with van der Waals surface area (Å²) in [6.45, 7) is 0. The van der Waals surface area contributed by atoms with Crippen LogP contribution >= 0.6 is 68.1 Å². The van der Waals surface area contributed by atoms with E-state index < -0.39 is 3.80 Å². The van der Waals surface area contributed by atoms with Crippen molar-refractivity contribution in [3.05, 3.63) is 10.5 Å². The first-order chi connectivity index (χ1) is 3.24. The van der Waals surface area contributed by atoms with Crippen LogP contribution in [0.3, 0.4) is 0 Å². The van der Waals surface area contributed by atoms with Crippen LogP contribution in [0.25, 0.3) is 5.59 Å². The van der Waals surface area contributed by atoms with E-state index in [1.54, 1.807) is 0 Å². The molecule has 0 rings (SSSR count). The van der Waals surface area contributed by atoms with Crippen molar-refractivity contribution >= 4 is 68.1 Å². The molecule has 0 aliphatic rings. The number of nitrogens with zero attached hydrogens (tertiary/aromatic N) is 1. The molecule has 8 heteroatoms. The van der Waals surface area contributed by atoms with Crippen LogP contribution in [0, 0.1) is 4.91 Å². The maximum Gasteiger partial charge on any atom is -0.423 e. The minimum atomic E-state index is -2.41. The second-order valence-electron chi connectivity index (χ2n) is 0.505. The third-order valence-electron chi connectivity index (χ3n) is 0. The first kappa shape index (κ1) is 13.2. The van der Waals surface area contributed by atoms with Crippen LogP contribution in [0.15, 0.2) is 0 Å². The minimum Gasteiger partial charge on any atom is -0.577 e. The molecule has 0 fully saturated rings. The fraction of sp³-hybridized carbons (Fsp3) is 0. The Morgan fingerprint density at radius 3 is 0.875 bits per heavy atom. The molecule has 0 atom stereocenters. The topological polar surface area (TPSA) is 39.4 Å². The molecule has 0 aromatic rings. The SMILES string of the molecule is [Br][Ru]([Br])([Br])([Br])[Br].[N-]=O. The predicted molar refractivity (Wildman–Crippen MR) is 51.4 cm³/mol. The first-order valence-electron chi connectivity index (χ1n) is 0.851. The summed E-state index contributed by atoms with van der Waals surface area (Å²) in [5.74, 6) is 0. The van der Waals surface area contributed by atoms with Gasteiger partial charge in [-0.25, -0.2) is 0 Å². The molecular weight excluding hydrogens is 531 g/mol. The van der Waals surface area contributed by atoms with E-state index in [1.165, 1.54) is 0 Å². The van der Waals surface area contributed by atoms with Crippen molar-refractivity contribution in [3.8, 4) is 0 Å². The number of rotatable bonds is 0. The van der Waals surface area contributed by atoms with Gasteiger partial charge in [-0.15, -0.1) is 0 Å². The van der Waals surface area contributed by atoms with Crippen LogP contribution in [0.4, 0.5) is 0 Å². The fourth-order valence-corrected chi connectivity index (χ4v) is 0. The Labute approximate surface area is 80.8 Å². The summed E-state index contributed by atoms with van der Waals surface area (Å²) in [5, 5.41) is 0. The Hall–Kier alpha value is 2.62. The molecule has 0 aliphatic carbocycles. The quantitative estimate of drug-likeness (QED) is 0.424. The van der Waals surface area contributed by atoms with Crippen molar-refractivity contribution in [2.75, 3.05) is 0 Å². The van der Waals surface area contributed by atoms with Gasteiger partial charge in [-0.3, -0.25) is 0 Å². The van der Waals surface area contributed by atoms with Gasteiger partial charge in [0, 0.05) is 0 Å². The monoisotopic (exact) mass is 526 g/mol. The van der Waals surface area contributed by atoms with Crippen LogP contribution in [0.1, 0.15) is 0 Å². The third-order valence-corrected chi connectivity index (χ3v) is 0. The van der Waals surface area contributed by atoms with Crippen molar-refractivity contribution in [2.24, 2.45) is 0 Å². The minimum absolute atomic E-state index is 2.41. The van der Waals surface area contributed by atoms with E-state index in [9.17, 15) is 0 Å².